The minimum Gasteiger partial charge on any atom is -0.368 e. The Labute approximate surface area is 102 Å². The van der Waals surface area contributed by atoms with Gasteiger partial charge in [0.2, 0.25) is 5.91 Å². The number of nitrogens with two attached hydrogens (primary N) is 2. The molecule has 0 spiro atoms. The molecule has 2 unspecified atom stereocenters. The van der Waals surface area contributed by atoms with Crippen LogP contribution in [0.15, 0.2) is 22.2 Å². The SMILES string of the molecule is NC(=O)C1(N)CCC(Sc2nccc(=O)[nH]2)C1. The third-order valence-electron chi connectivity index (χ3n) is 2.92. The molecule has 0 bridgehead atoms. The molecule has 92 valence electrons. The maximum absolute atomic E-state index is 11.2. The number of nitrogens with zero attached hydrogens (tertiary/aromatic N) is 1. The van der Waals surface area contributed by atoms with E-state index in [0.29, 0.717) is 18.0 Å². The minimum atomic E-state index is -0.910. The van der Waals surface area contributed by atoms with Gasteiger partial charge in [0.25, 0.3) is 5.56 Å². The maximum Gasteiger partial charge on any atom is 0.251 e. The first-order valence-electron chi connectivity index (χ1n) is 5.30. The average molecular weight is 254 g/mol. The second-order valence-corrected chi connectivity index (χ2v) is 5.53. The first-order chi connectivity index (χ1) is 7.99. The molecule has 7 heteroatoms. The van der Waals surface area contributed by atoms with Crippen molar-refractivity contribution in [1.29, 1.82) is 0 Å². The number of amides is 1. The zero-order valence-corrected chi connectivity index (χ0v) is 10.00. The molecule has 1 heterocycles. The predicted molar refractivity (Wildman–Crippen MR) is 64.5 cm³/mol. The van der Waals surface area contributed by atoms with Crippen LogP contribution >= 0.6 is 11.8 Å². The Kier molecular flexibility index (Phi) is 3.21. The van der Waals surface area contributed by atoms with Crippen LogP contribution in [0.2, 0.25) is 0 Å². The Bertz CT molecular complexity index is 489. The van der Waals surface area contributed by atoms with E-state index < -0.39 is 11.4 Å². The molecule has 1 fully saturated rings. The lowest BCUT2D eigenvalue weighted by atomic mass is 9.99. The fraction of sp³-hybridized carbons (Fsp3) is 0.500. The summed E-state index contributed by atoms with van der Waals surface area (Å²) in [5.41, 5.74) is 10.1. The third kappa shape index (κ3) is 2.67. The van der Waals surface area contributed by atoms with Gasteiger partial charge in [-0.2, -0.15) is 0 Å². The van der Waals surface area contributed by atoms with Gasteiger partial charge in [0, 0.05) is 17.5 Å². The number of hydrogen-bond donors (Lipinski definition) is 3. The number of aromatic amines is 1. The van der Waals surface area contributed by atoms with Gasteiger partial charge < -0.3 is 16.5 Å². The van der Waals surface area contributed by atoms with Gasteiger partial charge in [0.15, 0.2) is 5.16 Å². The molecule has 17 heavy (non-hydrogen) atoms. The number of hydrogen-bond acceptors (Lipinski definition) is 5. The first kappa shape index (κ1) is 12.1. The zero-order chi connectivity index (χ0) is 12.5. The van der Waals surface area contributed by atoms with Crippen LogP contribution in [0.5, 0.6) is 0 Å². The molecule has 2 rings (SSSR count). The summed E-state index contributed by atoms with van der Waals surface area (Å²) in [6, 6.07) is 1.36. The molecule has 1 amide bonds. The number of rotatable bonds is 3. The summed E-state index contributed by atoms with van der Waals surface area (Å²) >= 11 is 1.43. The molecule has 1 aliphatic rings. The number of carbonyl (C=O) groups excluding carboxylic acids is 1. The molecule has 2 atom stereocenters. The lowest BCUT2D eigenvalue weighted by Crippen LogP contribution is -2.50. The Hall–Kier alpha value is -1.34. The van der Waals surface area contributed by atoms with E-state index in [0.717, 1.165) is 6.42 Å². The van der Waals surface area contributed by atoms with Crippen LogP contribution in [0, 0.1) is 0 Å². The van der Waals surface area contributed by atoms with Gasteiger partial charge in [0.05, 0.1) is 5.54 Å². The predicted octanol–water partition coefficient (Wildman–Crippen LogP) is -0.403. The monoisotopic (exact) mass is 254 g/mol. The maximum atomic E-state index is 11.2. The smallest absolute Gasteiger partial charge is 0.251 e. The van der Waals surface area contributed by atoms with Crippen molar-refractivity contribution in [2.24, 2.45) is 11.5 Å². The summed E-state index contributed by atoms with van der Waals surface area (Å²) in [6.45, 7) is 0. The molecular weight excluding hydrogens is 240 g/mol. The molecule has 0 saturated heterocycles. The van der Waals surface area contributed by atoms with Crippen molar-refractivity contribution >= 4 is 17.7 Å². The van der Waals surface area contributed by atoms with Crippen molar-refractivity contribution in [2.75, 3.05) is 0 Å². The van der Waals surface area contributed by atoms with Crippen LogP contribution in [-0.2, 0) is 4.79 Å². The van der Waals surface area contributed by atoms with Crippen LogP contribution in [0.1, 0.15) is 19.3 Å². The van der Waals surface area contributed by atoms with Gasteiger partial charge >= 0.3 is 0 Å². The number of carbonyl (C=O) groups is 1. The van der Waals surface area contributed by atoms with E-state index in [4.69, 9.17) is 11.5 Å². The van der Waals surface area contributed by atoms with Crippen molar-refractivity contribution in [3.8, 4) is 0 Å². The molecule has 1 aliphatic carbocycles. The number of primary amides is 1. The standard InChI is InChI=1S/C10H14N4O2S/c11-8(16)10(12)3-1-6(5-10)17-9-13-4-2-7(15)14-9/h2,4,6H,1,3,5,12H2,(H2,11,16)(H,13,14,15). The minimum absolute atomic E-state index is 0.165. The number of thioether (sulfide) groups is 1. The highest BCUT2D eigenvalue weighted by Gasteiger charge is 2.41. The summed E-state index contributed by atoms with van der Waals surface area (Å²) < 4.78 is 0. The molecule has 1 aromatic heterocycles. The second-order valence-electron chi connectivity index (χ2n) is 4.24. The highest BCUT2D eigenvalue weighted by molar-refractivity contribution is 7.99. The summed E-state index contributed by atoms with van der Waals surface area (Å²) in [5.74, 6) is -0.463. The molecule has 5 N–H and O–H groups in total. The number of aromatic nitrogens is 2. The van der Waals surface area contributed by atoms with Crippen LogP contribution in [0.3, 0.4) is 0 Å². The van der Waals surface area contributed by atoms with E-state index in [1.165, 1.54) is 24.0 Å². The molecule has 1 saturated carbocycles. The van der Waals surface area contributed by atoms with E-state index in [-0.39, 0.29) is 10.8 Å². The van der Waals surface area contributed by atoms with E-state index in [2.05, 4.69) is 9.97 Å². The van der Waals surface area contributed by atoms with E-state index in [9.17, 15) is 9.59 Å². The lowest BCUT2D eigenvalue weighted by Gasteiger charge is -2.19. The van der Waals surface area contributed by atoms with Gasteiger partial charge in [0.1, 0.15) is 0 Å². The second kappa shape index (κ2) is 4.50. The fourth-order valence-electron chi connectivity index (χ4n) is 1.92. The van der Waals surface area contributed by atoms with Crippen LogP contribution < -0.4 is 17.0 Å². The fourth-order valence-corrected chi connectivity index (χ4v) is 3.14. The highest BCUT2D eigenvalue weighted by Crippen LogP contribution is 2.37. The lowest BCUT2D eigenvalue weighted by molar-refractivity contribution is -0.122. The van der Waals surface area contributed by atoms with Gasteiger partial charge in [-0.1, -0.05) is 11.8 Å². The van der Waals surface area contributed by atoms with Crippen molar-refractivity contribution in [2.45, 2.75) is 35.2 Å². The molecular formula is C10H14N4O2S. The molecule has 0 radical (unpaired) electrons. The van der Waals surface area contributed by atoms with Crippen molar-refractivity contribution in [1.82, 2.24) is 9.97 Å². The first-order valence-corrected chi connectivity index (χ1v) is 6.18. The molecule has 6 nitrogen and oxygen atoms in total. The highest BCUT2D eigenvalue weighted by atomic mass is 32.2. The van der Waals surface area contributed by atoms with E-state index >= 15 is 0 Å². The van der Waals surface area contributed by atoms with Crippen molar-refractivity contribution < 1.29 is 4.79 Å². The summed E-state index contributed by atoms with van der Waals surface area (Å²) in [7, 11) is 0. The van der Waals surface area contributed by atoms with E-state index in [1.807, 2.05) is 0 Å². The quantitative estimate of drug-likeness (QED) is 0.635. The van der Waals surface area contributed by atoms with Crippen LogP contribution in [-0.4, -0.2) is 26.7 Å². The normalized spacial score (nSPS) is 28.2. The van der Waals surface area contributed by atoms with Crippen LogP contribution in [0.4, 0.5) is 0 Å². The Morgan fingerprint density at radius 3 is 3.00 bits per heavy atom. The Balaban J connectivity index is 2.03. The number of nitrogens with one attached hydrogen (secondary N) is 1. The zero-order valence-electron chi connectivity index (χ0n) is 9.18. The number of H-pyrrole nitrogens is 1. The van der Waals surface area contributed by atoms with Gasteiger partial charge in [-0.25, -0.2) is 4.98 Å². The van der Waals surface area contributed by atoms with E-state index in [1.54, 1.807) is 0 Å². The third-order valence-corrected chi connectivity index (χ3v) is 4.09. The Morgan fingerprint density at radius 1 is 1.65 bits per heavy atom. The van der Waals surface area contributed by atoms with Gasteiger partial charge in [-0.15, -0.1) is 0 Å². The van der Waals surface area contributed by atoms with Crippen molar-refractivity contribution in [3.63, 3.8) is 0 Å². The molecule has 0 aromatic carbocycles. The largest absolute Gasteiger partial charge is 0.368 e. The Morgan fingerprint density at radius 2 is 2.41 bits per heavy atom. The van der Waals surface area contributed by atoms with Gasteiger partial charge in [-0.3, -0.25) is 9.59 Å². The molecule has 0 aliphatic heterocycles. The summed E-state index contributed by atoms with van der Waals surface area (Å²) in [4.78, 5) is 29.0. The average Bonchev–Trinajstić information content (AvgIpc) is 2.61. The van der Waals surface area contributed by atoms with Crippen LogP contribution in [0.25, 0.3) is 0 Å². The topological polar surface area (TPSA) is 115 Å². The summed E-state index contributed by atoms with van der Waals surface area (Å²) in [6.07, 6.45) is 3.35. The summed E-state index contributed by atoms with van der Waals surface area (Å²) in [5, 5.41) is 0.717. The van der Waals surface area contributed by atoms with Crippen molar-refractivity contribution in [3.05, 3.63) is 22.6 Å². The van der Waals surface area contributed by atoms with Gasteiger partial charge in [-0.05, 0) is 19.3 Å². The molecule has 1 aromatic rings.